The summed E-state index contributed by atoms with van der Waals surface area (Å²) in [5.41, 5.74) is 10.1. The van der Waals surface area contributed by atoms with Crippen LogP contribution in [0.2, 0.25) is 5.02 Å². The number of ether oxygens (including phenoxy) is 1. The molecular formula is C42H48ClF2N5O7. The predicted octanol–water partition coefficient (Wildman–Crippen LogP) is 7.41. The number of carboxylic acid groups (broad SMARTS) is 1. The van der Waals surface area contributed by atoms with Crippen LogP contribution >= 0.6 is 11.6 Å². The number of aromatic nitrogens is 1. The Kier molecular flexibility index (Phi) is 14.8. The largest absolute Gasteiger partial charge is 0.506 e. The van der Waals surface area contributed by atoms with Crippen molar-refractivity contribution in [3.8, 4) is 22.6 Å². The number of pyridine rings is 1. The summed E-state index contributed by atoms with van der Waals surface area (Å²) in [6.07, 6.45) is 1.23. The molecule has 0 bridgehead atoms. The first-order valence-electron chi connectivity index (χ1n) is 18.2. The van der Waals surface area contributed by atoms with Gasteiger partial charge in [0, 0.05) is 59.7 Å². The summed E-state index contributed by atoms with van der Waals surface area (Å²) in [5, 5.41) is 38.6. The summed E-state index contributed by atoms with van der Waals surface area (Å²) in [4.78, 5) is 42.1. The Morgan fingerprint density at radius 1 is 1.04 bits per heavy atom. The molecule has 1 aliphatic carbocycles. The Morgan fingerprint density at radius 3 is 2.44 bits per heavy atom. The van der Waals surface area contributed by atoms with Crippen LogP contribution in [0.25, 0.3) is 22.0 Å². The highest BCUT2D eigenvalue weighted by Gasteiger charge is 2.40. The number of hydrogen-bond acceptors (Lipinski definition) is 8. The lowest BCUT2D eigenvalue weighted by Gasteiger charge is -2.44. The second-order valence-corrected chi connectivity index (χ2v) is 14.7. The molecule has 6 rings (SSSR count). The lowest BCUT2D eigenvalue weighted by atomic mass is 9.79. The van der Waals surface area contributed by atoms with Gasteiger partial charge in [-0.2, -0.15) is 0 Å². The number of aromatic amines is 1. The number of methoxy groups -OCH3 is 1. The van der Waals surface area contributed by atoms with E-state index in [2.05, 4.69) is 15.6 Å². The maximum atomic E-state index is 13.3. The summed E-state index contributed by atoms with van der Waals surface area (Å²) in [5.74, 6) is 0.103. The lowest BCUT2D eigenvalue weighted by Crippen LogP contribution is -2.53. The van der Waals surface area contributed by atoms with Crippen molar-refractivity contribution in [1.82, 2.24) is 10.3 Å². The van der Waals surface area contributed by atoms with E-state index >= 15 is 0 Å². The minimum absolute atomic E-state index is 0. The molecule has 5 aromatic rings. The van der Waals surface area contributed by atoms with Crippen molar-refractivity contribution in [2.24, 2.45) is 5.73 Å². The third kappa shape index (κ3) is 10.1. The third-order valence-electron chi connectivity index (χ3n) is 10.4. The Bertz CT molecular complexity index is 2250. The number of rotatable bonds is 13. The number of carbonyl (C=O) groups is 2. The number of aryl methyl sites for hydroxylation is 1. The highest BCUT2D eigenvalue weighted by Crippen LogP contribution is 2.41. The number of benzene rings is 4. The molecule has 1 saturated carbocycles. The van der Waals surface area contributed by atoms with Gasteiger partial charge in [-0.25, -0.2) is 4.79 Å². The van der Waals surface area contributed by atoms with Gasteiger partial charge in [-0.3, -0.25) is 23.9 Å². The number of nitrogens with zero attached hydrogens (tertiary/aromatic N) is 1. The van der Waals surface area contributed by atoms with Crippen LogP contribution in [0.4, 0.5) is 25.6 Å². The number of aromatic hydroxyl groups is 1. The van der Waals surface area contributed by atoms with Gasteiger partial charge < -0.3 is 41.4 Å². The smallest absolute Gasteiger partial charge is 0.412 e. The SMILES string of the molecule is COc1cc(NC(=O)CCc2ccc(-c3ccccc3)c(N(C(=O)O)C3(C)CCC(N)CC3)c2)c(Cl)cc1CNC[C@H](O)c1ccc(O)c2[nH]c(=O)ccc12.F.F. The van der Waals surface area contributed by atoms with E-state index in [1.54, 1.807) is 24.3 Å². The van der Waals surface area contributed by atoms with Crippen molar-refractivity contribution in [2.75, 3.05) is 23.9 Å². The number of amides is 2. The number of fused-ring (bicyclic) bond motifs is 1. The topological polar surface area (TPSA) is 190 Å². The van der Waals surface area contributed by atoms with E-state index in [1.165, 1.54) is 24.1 Å². The molecule has 15 heteroatoms. The fourth-order valence-corrected chi connectivity index (χ4v) is 7.62. The van der Waals surface area contributed by atoms with Gasteiger partial charge in [0.05, 0.1) is 35.1 Å². The normalized spacial score (nSPS) is 16.8. The van der Waals surface area contributed by atoms with Crippen molar-refractivity contribution < 1.29 is 39.1 Å². The molecular weight excluding hydrogens is 760 g/mol. The van der Waals surface area contributed by atoms with Crippen LogP contribution in [0, 0.1) is 0 Å². The Hall–Kier alpha value is -5.54. The van der Waals surface area contributed by atoms with Crippen LogP contribution in [0.15, 0.2) is 89.7 Å². The minimum Gasteiger partial charge on any atom is -0.506 e. The van der Waals surface area contributed by atoms with Crippen molar-refractivity contribution in [3.63, 3.8) is 0 Å². The monoisotopic (exact) mass is 807 g/mol. The predicted molar refractivity (Wildman–Crippen MR) is 220 cm³/mol. The van der Waals surface area contributed by atoms with E-state index < -0.39 is 17.7 Å². The number of halogens is 3. The van der Waals surface area contributed by atoms with Crippen LogP contribution in [0.5, 0.6) is 11.5 Å². The van der Waals surface area contributed by atoms with E-state index in [0.717, 1.165) is 29.5 Å². The second-order valence-electron chi connectivity index (χ2n) is 14.3. The van der Waals surface area contributed by atoms with Crippen LogP contribution in [-0.2, 0) is 17.8 Å². The van der Waals surface area contributed by atoms with E-state index in [1.807, 2.05) is 55.5 Å². The fraction of sp³-hybridized carbons (Fsp3) is 0.310. The number of nitrogens with one attached hydrogen (secondary N) is 3. The molecule has 4 aromatic carbocycles. The number of aliphatic hydroxyl groups excluding tert-OH is 1. The van der Waals surface area contributed by atoms with Crippen LogP contribution < -0.4 is 31.6 Å². The summed E-state index contributed by atoms with van der Waals surface area (Å²) < 4.78 is 5.61. The minimum atomic E-state index is -1.03. The fourth-order valence-electron chi connectivity index (χ4n) is 7.38. The molecule has 2 amide bonds. The van der Waals surface area contributed by atoms with Gasteiger partial charge in [-0.15, -0.1) is 0 Å². The number of phenols is 1. The zero-order valence-electron chi connectivity index (χ0n) is 31.6. The van der Waals surface area contributed by atoms with Crippen molar-refractivity contribution in [3.05, 3.63) is 117 Å². The first-order chi connectivity index (χ1) is 26.4. The maximum absolute atomic E-state index is 13.3. The van der Waals surface area contributed by atoms with Gasteiger partial charge in [0.15, 0.2) is 0 Å². The number of hydrogen-bond donors (Lipinski definition) is 7. The third-order valence-corrected chi connectivity index (χ3v) is 10.7. The molecule has 57 heavy (non-hydrogen) atoms. The average Bonchev–Trinajstić information content (AvgIpc) is 3.17. The molecule has 1 atom stereocenters. The number of phenolic OH excluding ortho intramolecular Hbond substituents is 1. The van der Waals surface area contributed by atoms with Crippen molar-refractivity contribution in [1.29, 1.82) is 0 Å². The summed E-state index contributed by atoms with van der Waals surface area (Å²) >= 11 is 6.64. The first-order valence-corrected chi connectivity index (χ1v) is 18.6. The van der Waals surface area contributed by atoms with Crippen molar-refractivity contribution in [2.45, 2.75) is 69.7 Å². The summed E-state index contributed by atoms with van der Waals surface area (Å²) in [7, 11) is 1.51. The van der Waals surface area contributed by atoms with Gasteiger partial charge in [-0.05, 0) is 80.0 Å². The quantitative estimate of drug-likeness (QED) is 0.0635. The first kappa shape index (κ1) is 44.2. The summed E-state index contributed by atoms with van der Waals surface area (Å²) in [6.45, 7) is 2.40. The van der Waals surface area contributed by atoms with Crippen LogP contribution in [-0.4, -0.2) is 57.5 Å². The molecule has 8 N–H and O–H groups in total. The summed E-state index contributed by atoms with van der Waals surface area (Å²) in [6, 6.07) is 24.7. The van der Waals surface area contributed by atoms with E-state index in [4.69, 9.17) is 22.1 Å². The highest BCUT2D eigenvalue weighted by molar-refractivity contribution is 6.33. The molecule has 0 radical (unpaired) electrons. The Labute approximate surface area is 333 Å². The molecule has 1 aromatic heterocycles. The molecule has 304 valence electrons. The Morgan fingerprint density at radius 2 is 1.75 bits per heavy atom. The van der Waals surface area contributed by atoms with Gasteiger partial charge in [-0.1, -0.05) is 60.1 Å². The molecule has 0 saturated heterocycles. The second kappa shape index (κ2) is 19.1. The lowest BCUT2D eigenvalue weighted by molar-refractivity contribution is -0.116. The Balaban J connectivity index is 0.00000360. The number of nitrogens with two attached hydrogens (primary N) is 1. The highest BCUT2D eigenvalue weighted by atomic mass is 35.5. The maximum Gasteiger partial charge on any atom is 0.412 e. The number of anilines is 2. The molecule has 0 unspecified atom stereocenters. The molecule has 12 nitrogen and oxygen atoms in total. The molecule has 0 spiro atoms. The van der Waals surface area contributed by atoms with E-state index in [0.29, 0.717) is 57.9 Å². The average molecular weight is 808 g/mol. The zero-order chi connectivity index (χ0) is 39.3. The number of H-pyrrole nitrogens is 1. The van der Waals surface area contributed by atoms with Crippen LogP contribution in [0.1, 0.15) is 61.8 Å². The van der Waals surface area contributed by atoms with E-state index in [-0.39, 0.29) is 57.7 Å². The van der Waals surface area contributed by atoms with Gasteiger partial charge in [0.25, 0.3) is 0 Å². The molecule has 1 heterocycles. The number of aliphatic hydroxyl groups is 1. The van der Waals surface area contributed by atoms with E-state index in [9.17, 15) is 29.7 Å². The standard InChI is InChI=1S/C42H46ClN5O7.2FH/c1-42(18-16-28(44)17-19-42)48(41(53)54)34-20-25(8-10-29(34)26-6-4-3-5-7-26)9-14-38(51)46-33-22-37(55-2)27(21-32(33)43)23-45-24-36(50)30-11-13-35(49)40-31(30)12-15-39(52)47-40;;/h3-8,10-13,15,20-22,28,36,45,49-50H,9,14,16-19,23-24,44H2,1-2H3,(H,46,51)(H,47,52)(H,53,54);2*1H/t28?,36-,42?;;/m0../s1. The molecule has 0 aliphatic heterocycles. The molecule has 1 fully saturated rings. The molecule has 1 aliphatic rings. The van der Waals surface area contributed by atoms with Gasteiger partial charge >= 0.3 is 6.09 Å². The van der Waals surface area contributed by atoms with Gasteiger partial charge in [0.1, 0.15) is 11.5 Å². The number of carbonyl (C=O) groups excluding carboxylic acids is 1. The van der Waals surface area contributed by atoms with Crippen LogP contribution in [0.3, 0.4) is 0 Å². The van der Waals surface area contributed by atoms with Gasteiger partial charge in [0.2, 0.25) is 11.5 Å². The zero-order valence-corrected chi connectivity index (χ0v) is 32.3. The van der Waals surface area contributed by atoms with Crippen molar-refractivity contribution >= 4 is 45.9 Å².